The second-order valence-corrected chi connectivity index (χ2v) is 7.15. The molecule has 132 valence electrons. The molecule has 0 saturated heterocycles. The average molecular weight is 351 g/mol. The quantitative estimate of drug-likeness (QED) is 0.822. The molecule has 1 aliphatic carbocycles. The van der Waals surface area contributed by atoms with Crippen molar-refractivity contribution < 1.29 is 9.59 Å². The van der Waals surface area contributed by atoms with Crippen LogP contribution in [0.3, 0.4) is 0 Å². The van der Waals surface area contributed by atoms with Gasteiger partial charge in [-0.15, -0.1) is 0 Å². The Hall–Kier alpha value is -1.55. The Kier molecular flexibility index (Phi) is 7.10. The van der Waals surface area contributed by atoms with Gasteiger partial charge in [0.15, 0.2) is 0 Å². The molecule has 2 amide bonds. The molecule has 1 aliphatic rings. The van der Waals surface area contributed by atoms with Gasteiger partial charge in [-0.3, -0.25) is 9.59 Å². The minimum atomic E-state index is 0.0185. The second-order valence-electron chi connectivity index (χ2n) is 6.71. The Bertz CT molecular complexity index is 551. The van der Waals surface area contributed by atoms with E-state index in [0.29, 0.717) is 11.6 Å². The van der Waals surface area contributed by atoms with E-state index in [0.717, 1.165) is 37.7 Å². The minimum absolute atomic E-state index is 0.0185. The Morgan fingerprint density at radius 1 is 1.08 bits per heavy atom. The first-order chi connectivity index (χ1) is 11.5. The Morgan fingerprint density at radius 3 is 2.17 bits per heavy atom. The number of halogens is 1. The van der Waals surface area contributed by atoms with E-state index < -0.39 is 0 Å². The smallest absolute Gasteiger partial charge is 0.223 e. The SMILES string of the molecule is CCC(C)NC(=O)C1CCC(C(=O)NCc2ccc(Cl)cc2)CC1. The largest absolute Gasteiger partial charge is 0.353 e. The van der Waals surface area contributed by atoms with Crippen molar-refractivity contribution in [3.8, 4) is 0 Å². The maximum atomic E-state index is 12.3. The van der Waals surface area contributed by atoms with Crippen molar-refractivity contribution in [2.45, 2.75) is 58.5 Å². The highest BCUT2D eigenvalue weighted by Crippen LogP contribution is 2.29. The minimum Gasteiger partial charge on any atom is -0.353 e. The van der Waals surface area contributed by atoms with Crippen molar-refractivity contribution in [2.24, 2.45) is 11.8 Å². The van der Waals surface area contributed by atoms with Gasteiger partial charge in [0.05, 0.1) is 0 Å². The molecule has 0 spiro atoms. The summed E-state index contributed by atoms with van der Waals surface area (Å²) >= 11 is 5.86. The van der Waals surface area contributed by atoms with Crippen molar-refractivity contribution in [1.29, 1.82) is 0 Å². The van der Waals surface area contributed by atoms with E-state index in [-0.39, 0.29) is 29.7 Å². The molecule has 5 heteroatoms. The lowest BCUT2D eigenvalue weighted by Gasteiger charge is -2.28. The summed E-state index contributed by atoms with van der Waals surface area (Å²) in [5, 5.41) is 6.73. The number of rotatable bonds is 6. The van der Waals surface area contributed by atoms with E-state index in [9.17, 15) is 9.59 Å². The molecule has 2 N–H and O–H groups in total. The van der Waals surface area contributed by atoms with E-state index in [4.69, 9.17) is 11.6 Å². The number of amides is 2. The summed E-state index contributed by atoms with van der Waals surface area (Å²) in [6.45, 7) is 4.60. The number of hydrogen-bond acceptors (Lipinski definition) is 2. The average Bonchev–Trinajstić information content (AvgIpc) is 2.61. The van der Waals surface area contributed by atoms with Crippen LogP contribution in [0.15, 0.2) is 24.3 Å². The third-order valence-electron chi connectivity index (χ3n) is 4.85. The summed E-state index contributed by atoms with van der Waals surface area (Å²) in [5.74, 6) is 0.305. The van der Waals surface area contributed by atoms with E-state index in [1.165, 1.54) is 0 Å². The maximum absolute atomic E-state index is 12.3. The van der Waals surface area contributed by atoms with Crippen molar-refractivity contribution in [3.05, 3.63) is 34.9 Å². The molecule has 0 aromatic heterocycles. The standard InChI is InChI=1S/C19H27ClN2O2/c1-3-13(2)22-19(24)16-8-6-15(7-9-16)18(23)21-12-14-4-10-17(20)11-5-14/h4-5,10-11,13,15-16H,3,6-9,12H2,1-2H3,(H,21,23)(H,22,24). The highest BCUT2D eigenvalue weighted by Gasteiger charge is 2.30. The van der Waals surface area contributed by atoms with Gasteiger partial charge in [-0.2, -0.15) is 0 Å². The van der Waals surface area contributed by atoms with Crippen LogP contribution in [0.1, 0.15) is 51.5 Å². The zero-order valence-electron chi connectivity index (χ0n) is 14.5. The summed E-state index contributed by atoms with van der Waals surface area (Å²) in [7, 11) is 0. The fourth-order valence-electron chi connectivity index (χ4n) is 3.02. The zero-order valence-corrected chi connectivity index (χ0v) is 15.2. The van der Waals surface area contributed by atoms with Crippen LogP contribution in [-0.4, -0.2) is 17.9 Å². The van der Waals surface area contributed by atoms with Crippen LogP contribution in [0.25, 0.3) is 0 Å². The molecule has 1 aromatic rings. The normalized spacial score (nSPS) is 21.8. The van der Waals surface area contributed by atoms with Gasteiger partial charge in [-0.05, 0) is 56.7 Å². The number of hydrogen-bond donors (Lipinski definition) is 2. The van der Waals surface area contributed by atoms with Gasteiger partial charge < -0.3 is 10.6 Å². The molecule has 0 bridgehead atoms. The number of carbonyl (C=O) groups is 2. The number of nitrogens with one attached hydrogen (secondary N) is 2. The highest BCUT2D eigenvalue weighted by molar-refractivity contribution is 6.30. The topological polar surface area (TPSA) is 58.2 Å². The monoisotopic (exact) mass is 350 g/mol. The summed E-state index contributed by atoms with van der Waals surface area (Å²) in [6.07, 6.45) is 4.09. The van der Waals surface area contributed by atoms with Crippen molar-refractivity contribution in [3.63, 3.8) is 0 Å². The van der Waals surface area contributed by atoms with Gasteiger partial charge in [0.25, 0.3) is 0 Å². The Labute approximate surface area is 149 Å². The van der Waals surface area contributed by atoms with E-state index in [1.807, 2.05) is 31.2 Å². The lowest BCUT2D eigenvalue weighted by Crippen LogP contribution is -2.40. The predicted molar refractivity (Wildman–Crippen MR) is 96.6 cm³/mol. The molecular weight excluding hydrogens is 324 g/mol. The van der Waals surface area contributed by atoms with Crippen LogP contribution >= 0.6 is 11.6 Å². The summed E-state index contributed by atoms with van der Waals surface area (Å²) in [5.41, 5.74) is 1.04. The fraction of sp³-hybridized carbons (Fsp3) is 0.579. The van der Waals surface area contributed by atoms with Crippen LogP contribution < -0.4 is 10.6 Å². The van der Waals surface area contributed by atoms with Crippen molar-refractivity contribution >= 4 is 23.4 Å². The molecule has 4 nitrogen and oxygen atoms in total. The van der Waals surface area contributed by atoms with E-state index in [2.05, 4.69) is 17.6 Å². The van der Waals surface area contributed by atoms with E-state index >= 15 is 0 Å². The molecule has 1 unspecified atom stereocenters. The molecule has 1 atom stereocenters. The first-order valence-corrected chi connectivity index (χ1v) is 9.20. The highest BCUT2D eigenvalue weighted by atomic mass is 35.5. The van der Waals surface area contributed by atoms with E-state index in [1.54, 1.807) is 0 Å². The van der Waals surface area contributed by atoms with Crippen LogP contribution in [0.2, 0.25) is 5.02 Å². The first-order valence-electron chi connectivity index (χ1n) is 8.82. The lowest BCUT2D eigenvalue weighted by molar-refractivity contribution is -0.131. The maximum Gasteiger partial charge on any atom is 0.223 e. The molecule has 2 rings (SSSR count). The van der Waals surface area contributed by atoms with Crippen LogP contribution in [0.4, 0.5) is 0 Å². The number of benzene rings is 1. The Morgan fingerprint density at radius 2 is 1.62 bits per heavy atom. The van der Waals surface area contributed by atoms with Gasteiger partial charge >= 0.3 is 0 Å². The fourth-order valence-corrected chi connectivity index (χ4v) is 3.14. The molecule has 1 saturated carbocycles. The second kappa shape index (κ2) is 9.07. The molecule has 1 fully saturated rings. The van der Waals surface area contributed by atoms with Gasteiger partial charge in [-0.1, -0.05) is 30.7 Å². The summed E-state index contributed by atoms with van der Waals surface area (Å²) in [4.78, 5) is 24.5. The lowest BCUT2D eigenvalue weighted by atomic mass is 9.81. The van der Waals surface area contributed by atoms with Gasteiger partial charge in [0.2, 0.25) is 11.8 Å². The van der Waals surface area contributed by atoms with Crippen LogP contribution in [-0.2, 0) is 16.1 Å². The van der Waals surface area contributed by atoms with Crippen LogP contribution in [0.5, 0.6) is 0 Å². The van der Waals surface area contributed by atoms with Crippen molar-refractivity contribution in [2.75, 3.05) is 0 Å². The molecule has 0 heterocycles. The number of carbonyl (C=O) groups excluding carboxylic acids is 2. The van der Waals surface area contributed by atoms with Crippen LogP contribution in [0, 0.1) is 11.8 Å². The van der Waals surface area contributed by atoms with Gasteiger partial charge in [0, 0.05) is 29.4 Å². The predicted octanol–water partition coefficient (Wildman–Crippen LogP) is 3.68. The zero-order chi connectivity index (χ0) is 17.5. The molecule has 24 heavy (non-hydrogen) atoms. The third-order valence-corrected chi connectivity index (χ3v) is 5.10. The third kappa shape index (κ3) is 5.52. The summed E-state index contributed by atoms with van der Waals surface area (Å²) in [6, 6.07) is 7.70. The molecular formula is C19H27ClN2O2. The molecule has 0 radical (unpaired) electrons. The van der Waals surface area contributed by atoms with Gasteiger partial charge in [-0.25, -0.2) is 0 Å². The molecule has 0 aliphatic heterocycles. The van der Waals surface area contributed by atoms with Crippen molar-refractivity contribution in [1.82, 2.24) is 10.6 Å². The first kappa shape index (κ1) is 18.8. The Balaban J connectivity index is 1.74. The molecule has 1 aromatic carbocycles. The summed E-state index contributed by atoms with van der Waals surface area (Å²) < 4.78 is 0. The van der Waals surface area contributed by atoms with Gasteiger partial charge in [0.1, 0.15) is 0 Å².